The number of benzene rings is 2. The van der Waals surface area contributed by atoms with Crippen molar-refractivity contribution in [2.24, 2.45) is 5.41 Å². The van der Waals surface area contributed by atoms with Crippen LogP contribution in [0.25, 0.3) is 11.3 Å². The molecule has 2 N–H and O–H groups in total. The lowest BCUT2D eigenvalue weighted by Gasteiger charge is -2.24. The minimum Gasteiger partial charge on any atom is -0.349 e. The predicted molar refractivity (Wildman–Crippen MR) is 135 cm³/mol. The summed E-state index contributed by atoms with van der Waals surface area (Å²) >= 11 is 0. The minimum atomic E-state index is -0.116. The third-order valence-corrected chi connectivity index (χ3v) is 7.91. The zero-order chi connectivity index (χ0) is 25.0. The molecule has 0 radical (unpaired) electrons. The van der Waals surface area contributed by atoms with Crippen LogP contribution in [0.3, 0.4) is 0 Å². The molecule has 3 aliphatic rings. The van der Waals surface area contributed by atoms with Gasteiger partial charge in [0, 0.05) is 47.0 Å². The highest BCUT2D eigenvalue weighted by atomic mass is 16.2. The second kappa shape index (κ2) is 8.34. The van der Waals surface area contributed by atoms with E-state index in [1.807, 2.05) is 48.2 Å². The van der Waals surface area contributed by atoms with Gasteiger partial charge in [0.25, 0.3) is 11.8 Å². The standard InChI is InChI=1S/C29H29N5O2/c1-17(18-3-5-19(6-4-18)27(35)31-22-8-9-22)34-16-21-13-20(7-10-23(21)28(34)36)26-24-14-29(2,11-12-30)15-25(24)32-33-26/h3-7,10,13,17,22H,8-9,11,14-16H2,1-2H3,(H,31,35)(H,32,33)/t17-,29?/m1/s1. The van der Waals surface area contributed by atoms with Gasteiger partial charge in [-0.2, -0.15) is 10.4 Å². The van der Waals surface area contributed by atoms with Crippen molar-refractivity contribution in [1.82, 2.24) is 20.4 Å². The topological polar surface area (TPSA) is 102 Å². The van der Waals surface area contributed by atoms with E-state index in [0.717, 1.165) is 59.3 Å². The lowest BCUT2D eigenvalue weighted by molar-refractivity contribution is 0.0715. The third kappa shape index (κ3) is 3.87. The zero-order valence-corrected chi connectivity index (χ0v) is 20.6. The predicted octanol–water partition coefficient (Wildman–Crippen LogP) is 4.70. The summed E-state index contributed by atoms with van der Waals surface area (Å²) in [4.78, 5) is 27.5. The van der Waals surface area contributed by atoms with E-state index < -0.39 is 0 Å². The van der Waals surface area contributed by atoms with Gasteiger partial charge in [-0.05, 0) is 73.4 Å². The van der Waals surface area contributed by atoms with E-state index in [1.165, 1.54) is 5.56 Å². The van der Waals surface area contributed by atoms with Gasteiger partial charge in [-0.25, -0.2) is 0 Å². The Labute approximate surface area is 210 Å². The summed E-state index contributed by atoms with van der Waals surface area (Å²) in [5.74, 6) is -0.0138. The first-order valence-corrected chi connectivity index (χ1v) is 12.6. The van der Waals surface area contributed by atoms with Crippen LogP contribution < -0.4 is 5.32 Å². The van der Waals surface area contributed by atoms with Crippen molar-refractivity contribution < 1.29 is 9.59 Å². The van der Waals surface area contributed by atoms with E-state index in [9.17, 15) is 14.9 Å². The highest BCUT2D eigenvalue weighted by molar-refractivity contribution is 5.99. The molecule has 0 bridgehead atoms. The summed E-state index contributed by atoms with van der Waals surface area (Å²) in [5, 5.41) is 20.0. The number of nitrogens with zero attached hydrogens (tertiary/aromatic N) is 3. The average Bonchev–Trinajstić information content (AvgIpc) is 3.39. The number of hydrogen-bond donors (Lipinski definition) is 2. The van der Waals surface area contributed by atoms with Crippen molar-refractivity contribution in [3.63, 3.8) is 0 Å². The Morgan fingerprint density at radius 1 is 1.25 bits per heavy atom. The first kappa shape index (κ1) is 22.5. The van der Waals surface area contributed by atoms with Crippen LogP contribution in [0.5, 0.6) is 0 Å². The maximum Gasteiger partial charge on any atom is 0.255 e. The highest BCUT2D eigenvalue weighted by Crippen LogP contribution is 2.43. The Balaban J connectivity index is 1.20. The number of fused-ring (bicyclic) bond motifs is 2. The molecular weight excluding hydrogens is 450 g/mol. The SMILES string of the molecule is C[C@H](c1ccc(C(=O)NC2CC2)cc1)N1Cc2cc(-c3n[nH]c4c3CC(C)(CC#N)C4)ccc2C1=O. The first-order valence-electron chi connectivity index (χ1n) is 12.6. The van der Waals surface area contributed by atoms with E-state index >= 15 is 0 Å². The molecule has 2 aliphatic carbocycles. The molecule has 7 nitrogen and oxygen atoms in total. The summed E-state index contributed by atoms with van der Waals surface area (Å²) in [5.41, 5.74) is 7.55. The highest BCUT2D eigenvalue weighted by Gasteiger charge is 2.37. The number of hydrogen-bond acceptors (Lipinski definition) is 4. The molecule has 7 heteroatoms. The van der Waals surface area contributed by atoms with Crippen LogP contribution in [-0.4, -0.2) is 33.0 Å². The lowest BCUT2D eigenvalue weighted by Crippen LogP contribution is -2.27. The van der Waals surface area contributed by atoms with Crippen molar-refractivity contribution in [2.45, 2.75) is 64.6 Å². The lowest BCUT2D eigenvalue weighted by atomic mass is 9.84. The summed E-state index contributed by atoms with van der Waals surface area (Å²) in [6.45, 7) is 4.72. The van der Waals surface area contributed by atoms with E-state index in [2.05, 4.69) is 34.6 Å². The van der Waals surface area contributed by atoms with Crippen molar-refractivity contribution in [1.29, 1.82) is 5.26 Å². The number of H-pyrrole nitrogens is 1. The third-order valence-electron chi connectivity index (χ3n) is 7.91. The van der Waals surface area contributed by atoms with Crippen molar-refractivity contribution in [2.75, 3.05) is 0 Å². The number of rotatable bonds is 6. The minimum absolute atomic E-state index is 0.0217. The van der Waals surface area contributed by atoms with Crippen LogP contribution in [0.1, 0.15) is 82.3 Å². The molecule has 3 aromatic rings. The summed E-state index contributed by atoms with van der Waals surface area (Å²) < 4.78 is 0. The van der Waals surface area contributed by atoms with Crippen LogP contribution in [0.2, 0.25) is 0 Å². The molecule has 0 saturated heterocycles. The van der Waals surface area contributed by atoms with E-state index in [1.54, 1.807) is 0 Å². The Bertz CT molecular complexity index is 1410. The molecule has 182 valence electrons. The van der Waals surface area contributed by atoms with Crippen molar-refractivity contribution in [3.05, 3.63) is 76.0 Å². The summed E-state index contributed by atoms with van der Waals surface area (Å²) in [6.07, 6.45) is 4.30. The molecule has 2 atom stereocenters. The van der Waals surface area contributed by atoms with Gasteiger partial charge in [0.1, 0.15) is 0 Å². The van der Waals surface area contributed by atoms with Crippen LogP contribution >= 0.6 is 0 Å². The van der Waals surface area contributed by atoms with Crippen LogP contribution in [0.15, 0.2) is 42.5 Å². The molecule has 1 aliphatic heterocycles. The molecule has 1 aromatic heterocycles. The van der Waals surface area contributed by atoms with Crippen LogP contribution in [0.4, 0.5) is 0 Å². The monoisotopic (exact) mass is 479 g/mol. The zero-order valence-electron chi connectivity index (χ0n) is 20.6. The number of nitrogens with one attached hydrogen (secondary N) is 2. The van der Waals surface area contributed by atoms with Gasteiger partial charge in [0.2, 0.25) is 0 Å². The van der Waals surface area contributed by atoms with Gasteiger partial charge in [-0.1, -0.05) is 25.1 Å². The Hall–Kier alpha value is -3.92. The summed E-state index contributed by atoms with van der Waals surface area (Å²) in [7, 11) is 0. The second-order valence-electron chi connectivity index (χ2n) is 10.9. The fraction of sp³-hybridized carbons (Fsp3) is 0.379. The van der Waals surface area contributed by atoms with Crippen LogP contribution in [0, 0.1) is 16.7 Å². The van der Waals surface area contributed by atoms with Gasteiger partial charge in [-0.15, -0.1) is 0 Å². The van der Waals surface area contributed by atoms with Gasteiger partial charge in [-0.3, -0.25) is 14.7 Å². The molecule has 36 heavy (non-hydrogen) atoms. The molecule has 1 unspecified atom stereocenters. The normalized spacial score (nSPS) is 21.1. The maximum atomic E-state index is 13.3. The number of carbonyl (C=O) groups excluding carboxylic acids is 2. The number of amides is 2. The Morgan fingerprint density at radius 2 is 2.03 bits per heavy atom. The molecule has 2 aromatic carbocycles. The molecule has 2 amide bonds. The second-order valence-corrected chi connectivity index (χ2v) is 10.9. The molecule has 0 spiro atoms. The Kier molecular flexibility index (Phi) is 5.22. The Morgan fingerprint density at radius 3 is 2.75 bits per heavy atom. The van der Waals surface area contributed by atoms with Gasteiger partial charge >= 0.3 is 0 Å². The number of aromatic amines is 1. The summed E-state index contributed by atoms with van der Waals surface area (Å²) in [6, 6.07) is 16.1. The van der Waals surface area contributed by atoms with E-state index in [-0.39, 0.29) is 23.3 Å². The number of carbonyl (C=O) groups is 2. The molecule has 6 rings (SSSR count). The largest absolute Gasteiger partial charge is 0.349 e. The van der Waals surface area contributed by atoms with Crippen molar-refractivity contribution >= 4 is 11.8 Å². The van der Waals surface area contributed by atoms with E-state index in [0.29, 0.717) is 24.6 Å². The molecule has 2 heterocycles. The fourth-order valence-corrected chi connectivity index (χ4v) is 5.60. The first-order chi connectivity index (χ1) is 17.3. The molecular formula is C29H29N5O2. The van der Waals surface area contributed by atoms with Gasteiger partial charge in [0.15, 0.2) is 0 Å². The van der Waals surface area contributed by atoms with Gasteiger partial charge in [0.05, 0.1) is 17.8 Å². The van der Waals surface area contributed by atoms with Crippen LogP contribution in [-0.2, 0) is 19.4 Å². The van der Waals surface area contributed by atoms with Crippen molar-refractivity contribution in [3.8, 4) is 17.3 Å². The quantitative estimate of drug-likeness (QED) is 0.535. The number of nitriles is 1. The molecule has 1 fully saturated rings. The van der Waals surface area contributed by atoms with Gasteiger partial charge < -0.3 is 10.2 Å². The maximum absolute atomic E-state index is 13.3. The smallest absolute Gasteiger partial charge is 0.255 e. The fourth-order valence-electron chi connectivity index (χ4n) is 5.60. The average molecular weight is 480 g/mol. The van der Waals surface area contributed by atoms with E-state index in [4.69, 9.17) is 0 Å². The number of aromatic nitrogens is 2. The molecule has 1 saturated carbocycles.